The smallest absolute Gasteiger partial charge is 0.209 e. The molecule has 130 valence electrons. The average Bonchev–Trinajstić information content (AvgIpc) is 3.22. The molecule has 0 radical (unpaired) electrons. The minimum absolute atomic E-state index is 0.498. The lowest BCUT2D eigenvalue weighted by Gasteiger charge is -2.10. The van der Waals surface area contributed by atoms with Crippen molar-refractivity contribution in [2.75, 3.05) is 11.5 Å². The number of anilines is 1. The van der Waals surface area contributed by atoms with Gasteiger partial charge in [-0.25, -0.2) is 14.6 Å². The second-order valence-corrected chi connectivity index (χ2v) is 8.80. The monoisotopic (exact) mass is 373 g/mol. The van der Waals surface area contributed by atoms with Crippen LogP contribution >= 0.6 is 23.1 Å². The summed E-state index contributed by atoms with van der Waals surface area (Å²) in [5, 5.41) is 14.0. The van der Waals surface area contributed by atoms with Crippen molar-refractivity contribution in [1.29, 1.82) is 0 Å². The molecule has 2 aliphatic rings. The molecule has 0 aromatic carbocycles. The lowest BCUT2D eigenvalue weighted by Crippen LogP contribution is -2.04. The molecule has 0 spiro atoms. The van der Waals surface area contributed by atoms with Crippen molar-refractivity contribution >= 4 is 39.1 Å². The first-order chi connectivity index (χ1) is 12.3. The third-order valence-corrected chi connectivity index (χ3v) is 6.92. The molecule has 1 fully saturated rings. The Kier molecular flexibility index (Phi) is 3.85. The first-order valence-corrected chi connectivity index (χ1v) is 10.6. The fourth-order valence-electron chi connectivity index (χ4n) is 3.41. The van der Waals surface area contributed by atoms with Crippen LogP contribution in [0.15, 0.2) is 5.16 Å². The number of tetrazole rings is 1. The zero-order valence-electron chi connectivity index (χ0n) is 13.8. The predicted octanol–water partition coefficient (Wildman–Crippen LogP) is 2.81. The summed E-state index contributed by atoms with van der Waals surface area (Å²) in [5.41, 5.74) is 7.67. The van der Waals surface area contributed by atoms with Crippen LogP contribution in [-0.2, 0) is 19.3 Å². The number of aryl methyl sites for hydroxylation is 3. The number of thioether (sulfide) groups is 1. The molecular formula is C16H19N7S2. The van der Waals surface area contributed by atoms with Crippen LogP contribution in [0.5, 0.6) is 0 Å². The van der Waals surface area contributed by atoms with E-state index < -0.39 is 0 Å². The van der Waals surface area contributed by atoms with Gasteiger partial charge in [0.25, 0.3) is 0 Å². The van der Waals surface area contributed by atoms with E-state index in [4.69, 9.17) is 10.7 Å². The maximum absolute atomic E-state index is 6.28. The summed E-state index contributed by atoms with van der Waals surface area (Å²) in [6, 6.07) is 0.498. The van der Waals surface area contributed by atoms with Gasteiger partial charge in [0.2, 0.25) is 5.16 Å². The maximum Gasteiger partial charge on any atom is 0.209 e. The zero-order chi connectivity index (χ0) is 16.8. The molecule has 25 heavy (non-hydrogen) atoms. The standard InChI is InChI=1S/C16H19N7S2/c17-14-13-10-3-1-2-4-11(10)25-15(13)19-12(18-14)7-8-24-16-20-21-22-23(16)9-5-6-9/h9H,1-8H2,(H2,17,18,19). The highest BCUT2D eigenvalue weighted by atomic mass is 32.2. The molecule has 2 N–H and O–H groups in total. The van der Waals surface area contributed by atoms with Crippen molar-refractivity contribution in [3.63, 3.8) is 0 Å². The number of nitrogen functional groups attached to an aromatic ring is 1. The SMILES string of the molecule is Nc1nc(CCSc2nnnn2C2CC2)nc2sc3c(c12)CCCC3. The van der Waals surface area contributed by atoms with Crippen LogP contribution < -0.4 is 5.73 Å². The van der Waals surface area contributed by atoms with Gasteiger partial charge in [0.1, 0.15) is 16.5 Å². The molecule has 0 atom stereocenters. The Balaban J connectivity index is 1.34. The summed E-state index contributed by atoms with van der Waals surface area (Å²) in [4.78, 5) is 11.9. The van der Waals surface area contributed by atoms with Crippen molar-refractivity contribution < 1.29 is 0 Å². The first kappa shape index (κ1) is 15.5. The molecule has 0 unspecified atom stereocenters. The highest BCUT2D eigenvalue weighted by molar-refractivity contribution is 7.99. The second-order valence-electron chi connectivity index (χ2n) is 6.65. The van der Waals surface area contributed by atoms with Crippen molar-refractivity contribution in [3.8, 4) is 0 Å². The number of rotatable bonds is 5. The highest BCUT2D eigenvalue weighted by Crippen LogP contribution is 2.38. The van der Waals surface area contributed by atoms with E-state index >= 15 is 0 Å². The van der Waals surface area contributed by atoms with Gasteiger partial charge in [0.05, 0.1) is 11.4 Å². The van der Waals surface area contributed by atoms with Crippen LogP contribution in [0.2, 0.25) is 0 Å². The van der Waals surface area contributed by atoms with E-state index in [-0.39, 0.29) is 0 Å². The molecule has 5 rings (SSSR count). The number of nitrogens with two attached hydrogens (primary N) is 1. The number of hydrogen-bond acceptors (Lipinski definition) is 8. The molecule has 2 aliphatic carbocycles. The normalized spacial score (nSPS) is 17.1. The molecule has 0 saturated heterocycles. The van der Waals surface area contributed by atoms with Gasteiger partial charge in [-0.3, -0.25) is 0 Å². The number of thiophene rings is 1. The topological polar surface area (TPSA) is 95.4 Å². The summed E-state index contributed by atoms with van der Waals surface area (Å²) in [6.45, 7) is 0. The Hall–Kier alpha value is -1.74. The van der Waals surface area contributed by atoms with Gasteiger partial charge in [-0.05, 0) is 54.5 Å². The largest absolute Gasteiger partial charge is 0.383 e. The van der Waals surface area contributed by atoms with Gasteiger partial charge in [-0.1, -0.05) is 11.8 Å². The fourth-order valence-corrected chi connectivity index (χ4v) is 5.57. The zero-order valence-corrected chi connectivity index (χ0v) is 15.4. The third-order valence-electron chi connectivity index (χ3n) is 4.80. The van der Waals surface area contributed by atoms with Crippen LogP contribution in [-0.4, -0.2) is 35.9 Å². The molecule has 1 saturated carbocycles. The van der Waals surface area contributed by atoms with E-state index in [1.165, 1.54) is 36.1 Å². The Bertz CT molecular complexity index is 928. The molecule has 9 heteroatoms. The van der Waals surface area contributed by atoms with E-state index in [0.717, 1.165) is 46.2 Å². The third kappa shape index (κ3) is 2.89. The van der Waals surface area contributed by atoms with Crippen molar-refractivity contribution in [1.82, 2.24) is 30.2 Å². The molecule has 3 aromatic rings. The van der Waals surface area contributed by atoms with Gasteiger partial charge >= 0.3 is 0 Å². The van der Waals surface area contributed by atoms with Gasteiger partial charge in [-0.2, -0.15) is 0 Å². The minimum atomic E-state index is 0.498. The quantitative estimate of drug-likeness (QED) is 0.687. The summed E-state index contributed by atoms with van der Waals surface area (Å²) < 4.78 is 1.94. The first-order valence-electron chi connectivity index (χ1n) is 8.77. The number of fused-ring (bicyclic) bond motifs is 3. The molecule has 0 bridgehead atoms. The molecule has 7 nitrogen and oxygen atoms in total. The number of nitrogens with zero attached hydrogens (tertiary/aromatic N) is 6. The van der Waals surface area contributed by atoms with Crippen LogP contribution in [0.25, 0.3) is 10.2 Å². The van der Waals surface area contributed by atoms with Gasteiger partial charge in [0, 0.05) is 17.1 Å². The van der Waals surface area contributed by atoms with Crippen LogP contribution in [0, 0.1) is 0 Å². The van der Waals surface area contributed by atoms with Crippen molar-refractivity contribution in [3.05, 3.63) is 16.3 Å². The second kappa shape index (κ2) is 6.21. The molecule has 3 aromatic heterocycles. The van der Waals surface area contributed by atoms with Crippen LogP contribution in [0.1, 0.15) is 48.0 Å². The molecular weight excluding hydrogens is 354 g/mol. The number of aromatic nitrogens is 6. The van der Waals surface area contributed by atoms with Gasteiger partial charge in [0.15, 0.2) is 0 Å². The Morgan fingerprint density at radius 1 is 1.20 bits per heavy atom. The summed E-state index contributed by atoms with van der Waals surface area (Å²) in [7, 11) is 0. The average molecular weight is 374 g/mol. The number of hydrogen-bond donors (Lipinski definition) is 1. The Morgan fingerprint density at radius 2 is 2.08 bits per heavy atom. The van der Waals surface area contributed by atoms with Crippen molar-refractivity contribution in [2.24, 2.45) is 0 Å². The highest BCUT2D eigenvalue weighted by Gasteiger charge is 2.27. The van der Waals surface area contributed by atoms with Crippen molar-refractivity contribution in [2.45, 2.75) is 56.1 Å². The van der Waals surface area contributed by atoms with E-state index in [1.54, 1.807) is 23.1 Å². The Labute approximate surface area is 153 Å². The van der Waals surface area contributed by atoms with E-state index in [9.17, 15) is 0 Å². The van der Waals surface area contributed by atoms with E-state index in [1.807, 2.05) is 4.68 Å². The Morgan fingerprint density at radius 3 is 2.96 bits per heavy atom. The lowest BCUT2D eigenvalue weighted by molar-refractivity contribution is 0.565. The van der Waals surface area contributed by atoms with Crippen LogP contribution in [0.3, 0.4) is 0 Å². The maximum atomic E-state index is 6.28. The van der Waals surface area contributed by atoms with Gasteiger partial charge < -0.3 is 5.73 Å². The summed E-state index contributed by atoms with van der Waals surface area (Å²) in [5.74, 6) is 2.32. The molecule has 0 aliphatic heterocycles. The molecule has 3 heterocycles. The van der Waals surface area contributed by atoms with Crippen LogP contribution in [0.4, 0.5) is 5.82 Å². The summed E-state index contributed by atoms with van der Waals surface area (Å²) >= 11 is 3.46. The van der Waals surface area contributed by atoms with Gasteiger partial charge in [-0.15, -0.1) is 16.4 Å². The summed E-state index contributed by atoms with van der Waals surface area (Å²) in [6.07, 6.45) is 7.91. The van der Waals surface area contributed by atoms with E-state index in [0.29, 0.717) is 11.9 Å². The lowest BCUT2D eigenvalue weighted by atomic mass is 9.97. The predicted molar refractivity (Wildman–Crippen MR) is 99.0 cm³/mol. The minimum Gasteiger partial charge on any atom is -0.383 e. The van der Waals surface area contributed by atoms with E-state index in [2.05, 4.69) is 20.5 Å². The fraction of sp³-hybridized carbons (Fsp3) is 0.562. The molecule has 0 amide bonds.